The molecule has 2 aliphatic carbocycles. The van der Waals surface area contributed by atoms with E-state index >= 15 is 0 Å². The van der Waals surface area contributed by atoms with Crippen LogP contribution in [0.15, 0.2) is 24.3 Å². The van der Waals surface area contributed by atoms with Gasteiger partial charge in [0.05, 0.1) is 6.61 Å². The SMILES string of the molecule is ClCCC#Cc1ccc(OCC2CC3CCC2C3)cc1. The molecule has 0 saturated heterocycles. The van der Waals surface area contributed by atoms with E-state index in [1.54, 1.807) is 0 Å². The summed E-state index contributed by atoms with van der Waals surface area (Å²) < 4.78 is 5.95. The van der Waals surface area contributed by atoms with E-state index < -0.39 is 0 Å². The van der Waals surface area contributed by atoms with Crippen LogP contribution in [0.3, 0.4) is 0 Å². The molecule has 0 spiro atoms. The monoisotopic (exact) mass is 288 g/mol. The number of benzene rings is 1. The van der Waals surface area contributed by atoms with Gasteiger partial charge in [-0.3, -0.25) is 0 Å². The molecule has 3 atom stereocenters. The summed E-state index contributed by atoms with van der Waals surface area (Å²) in [5.41, 5.74) is 1.03. The Labute approximate surface area is 126 Å². The van der Waals surface area contributed by atoms with Crippen LogP contribution in [0.2, 0.25) is 0 Å². The first kappa shape index (κ1) is 13.8. The van der Waals surface area contributed by atoms with E-state index in [4.69, 9.17) is 16.3 Å². The second kappa shape index (κ2) is 6.55. The highest BCUT2D eigenvalue weighted by Gasteiger charge is 2.39. The zero-order valence-corrected chi connectivity index (χ0v) is 12.5. The molecule has 2 aliphatic rings. The van der Waals surface area contributed by atoms with Gasteiger partial charge in [-0.05, 0) is 61.3 Å². The molecular weight excluding hydrogens is 268 g/mol. The average molecular weight is 289 g/mol. The van der Waals surface area contributed by atoms with Gasteiger partial charge < -0.3 is 4.74 Å². The minimum atomic E-state index is 0.595. The second-order valence-electron chi connectivity index (χ2n) is 6.01. The lowest BCUT2D eigenvalue weighted by molar-refractivity contribution is 0.195. The van der Waals surface area contributed by atoms with Crippen LogP contribution in [0.1, 0.15) is 37.7 Å². The summed E-state index contributed by atoms with van der Waals surface area (Å²) in [6.07, 6.45) is 6.45. The summed E-state index contributed by atoms with van der Waals surface area (Å²) in [6.45, 7) is 0.887. The van der Waals surface area contributed by atoms with E-state index in [0.29, 0.717) is 5.88 Å². The first-order chi connectivity index (χ1) is 9.85. The molecule has 0 amide bonds. The molecular formula is C18H21ClO. The molecule has 1 aromatic rings. The highest BCUT2D eigenvalue weighted by Crippen LogP contribution is 2.48. The highest BCUT2D eigenvalue weighted by molar-refractivity contribution is 6.18. The van der Waals surface area contributed by atoms with Gasteiger partial charge in [0.15, 0.2) is 0 Å². The van der Waals surface area contributed by atoms with Crippen molar-refractivity contribution in [2.75, 3.05) is 12.5 Å². The van der Waals surface area contributed by atoms with E-state index in [9.17, 15) is 0 Å². The average Bonchev–Trinajstić information content (AvgIpc) is 3.09. The van der Waals surface area contributed by atoms with Gasteiger partial charge in [-0.1, -0.05) is 18.3 Å². The topological polar surface area (TPSA) is 9.23 Å². The fraction of sp³-hybridized carbons (Fsp3) is 0.556. The molecule has 3 rings (SSSR count). The first-order valence-electron chi connectivity index (χ1n) is 7.63. The van der Waals surface area contributed by atoms with Crippen LogP contribution in [0.5, 0.6) is 5.75 Å². The van der Waals surface area contributed by atoms with Crippen molar-refractivity contribution in [3.63, 3.8) is 0 Å². The first-order valence-corrected chi connectivity index (χ1v) is 8.16. The fourth-order valence-electron chi connectivity index (χ4n) is 3.63. The molecule has 1 aromatic carbocycles. The molecule has 20 heavy (non-hydrogen) atoms. The Morgan fingerprint density at radius 3 is 2.65 bits per heavy atom. The van der Waals surface area contributed by atoms with Crippen molar-refractivity contribution < 1.29 is 4.74 Å². The normalized spacial score (nSPS) is 27.1. The zero-order valence-electron chi connectivity index (χ0n) is 11.8. The number of fused-ring (bicyclic) bond motifs is 2. The lowest BCUT2D eigenvalue weighted by Crippen LogP contribution is -2.18. The summed E-state index contributed by atoms with van der Waals surface area (Å²) in [5.74, 6) is 10.4. The molecule has 0 N–H and O–H groups in total. The predicted octanol–water partition coefficient (Wildman–Crippen LogP) is 4.48. The highest BCUT2D eigenvalue weighted by atomic mass is 35.5. The van der Waals surface area contributed by atoms with Crippen LogP contribution in [-0.4, -0.2) is 12.5 Å². The van der Waals surface area contributed by atoms with Crippen molar-refractivity contribution in [3.8, 4) is 17.6 Å². The largest absolute Gasteiger partial charge is 0.493 e. The lowest BCUT2D eigenvalue weighted by Gasteiger charge is -2.21. The van der Waals surface area contributed by atoms with Gasteiger partial charge in [-0.15, -0.1) is 11.6 Å². The molecule has 0 radical (unpaired) electrons. The number of halogens is 1. The van der Waals surface area contributed by atoms with Crippen molar-refractivity contribution in [2.24, 2.45) is 17.8 Å². The van der Waals surface area contributed by atoms with Crippen LogP contribution < -0.4 is 4.74 Å². The van der Waals surface area contributed by atoms with Crippen molar-refractivity contribution in [1.29, 1.82) is 0 Å². The molecule has 2 bridgehead atoms. The Bertz CT molecular complexity index is 496. The van der Waals surface area contributed by atoms with E-state index in [1.807, 2.05) is 24.3 Å². The summed E-state index contributed by atoms with van der Waals surface area (Å²) in [7, 11) is 0. The van der Waals surface area contributed by atoms with E-state index in [1.165, 1.54) is 25.7 Å². The van der Waals surface area contributed by atoms with Crippen molar-refractivity contribution in [3.05, 3.63) is 29.8 Å². The summed E-state index contributed by atoms with van der Waals surface area (Å²) >= 11 is 5.60. The Kier molecular flexibility index (Phi) is 4.53. The summed E-state index contributed by atoms with van der Waals surface area (Å²) in [5, 5.41) is 0. The quantitative estimate of drug-likeness (QED) is 0.586. The minimum absolute atomic E-state index is 0.595. The van der Waals surface area contributed by atoms with Gasteiger partial charge in [0, 0.05) is 17.9 Å². The van der Waals surface area contributed by atoms with Crippen LogP contribution in [0.4, 0.5) is 0 Å². The summed E-state index contributed by atoms with van der Waals surface area (Å²) in [4.78, 5) is 0. The molecule has 0 heterocycles. The molecule has 3 unspecified atom stereocenters. The molecule has 2 saturated carbocycles. The van der Waals surface area contributed by atoms with Gasteiger partial charge in [0.2, 0.25) is 0 Å². The minimum Gasteiger partial charge on any atom is -0.493 e. The van der Waals surface area contributed by atoms with E-state index in [-0.39, 0.29) is 0 Å². The number of hydrogen-bond acceptors (Lipinski definition) is 1. The summed E-state index contributed by atoms with van der Waals surface area (Å²) in [6, 6.07) is 8.10. The Morgan fingerprint density at radius 1 is 1.15 bits per heavy atom. The van der Waals surface area contributed by atoms with E-state index in [2.05, 4.69) is 11.8 Å². The third-order valence-electron chi connectivity index (χ3n) is 4.66. The standard InChI is InChI=1S/C18H21ClO/c19-10-2-1-3-14-5-8-18(9-6-14)20-13-17-12-15-4-7-16(17)11-15/h5-6,8-9,15-17H,2,4,7,10-13H2. The van der Waals surface area contributed by atoms with Crippen molar-refractivity contribution in [2.45, 2.75) is 32.1 Å². The van der Waals surface area contributed by atoms with Crippen LogP contribution in [-0.2, 0) is 0 Å². The second-order valence-corrected chi connectivity index (χ2v) is 6.39. The zero-order chi connectivity index (χ0) is 13.8. The maximum absolute atomic E-state index is 5.95. The number of rotatable bonds is 4. The predicted molar refractivity (Wildman–Crippen MR) is 83.1 cm³/mol. The lowest BCUT2D eigenvalue weighted by atomic mass is 9.89. The Balaban J connectivity index is 1.50. The maximum Gasteiger partial charge on any atom is 0.119 e. The van der Waals surface area contributed by atoms with Crippen molar-refractivity contribution >= 4 is 11.6 Å². The molecule has 106 valence electrons. The Morgan fingerprint density at radius 2 is 2.00 bits per heavy atom. The Hall–Kier alpha value is -1.13. The maximum atomic E-state index is 5.95. The van der Waals surface area contributed by atoms with Crippen LogP contribution in [0, 0.1) is 29.6 Å². The van der Waals surface area contributed by atoms with Crippen LogP contribution >= 0.6 is 11.6 Å². The van der Waals surface area contributed by atoms with Gasteiger partial charge in [0.25, 0.3) is 0 Å². The van der Waals surface area contributed by atoms with Crippen LogP contribution in [0.25, 0.3) is 0 Å². The fourth-order valence-corrected chi connectivity index (χ4v) is 3.72. The molecule has 1 nitrogen and oxygen atoms in total. The van der Waals surface area contributed by atoms with Gasteiger partial charge >= 0.3 is 0 Å². The van der Waals surface area contributed by atoms with Gasteiger partial charge in [0.1, 0.15) is 5.75 Å². The smallest absolute Gasteiger partial charge is 0.119 e. The number of ether oxygens (including phenoxy) is 1. The van der Waals surface area contributed by atoms with E-state index in [0.717, 1.165) is 42.1 Å². The van der Waals surface area contributed by atoms with Crippen molar-refractivity contribution in [1.82, 2.24) is 0 Å². The third-order valence-corrected chi connectivity index (χ3v) is 4.84. The van der Waals surface area contributed by atoms with Gasteiger partial charge in [-0.25, -0.2) is 0 Å². The number of alkyl halides is 1. The third kappa shape index (κ3) is 3.30. The molecule has 0 aromatic heterocycles. The number of hydrogen-bond donors (Lipinski definition) is 0. The molecule has 2 fully saturated rings. The molecule has 0 aliphatic heterocycles. The van der Waals surface area contributed by atoms with Gasteiger partial charge in [-0.2, -0.15) is 0 Å². The molecule has 2 heteroatoms.